The summed E-state index contributed by atoms with van der Waals surface area (Å²) >= 11 is 0. The summed E-state index contributed by atoms with van der Waals surface area (Å²) in [6.07, 6.45) is 3.28. The third-order valence-corrected chi connectivity index (χ3v) is 3.43. The van der Waals surface area contributed by atoms with Crippen molar-refractivity contribution < 1.29 is 0 Å². The molecule has 1 nitrogen and oxygen atoms in total. The largest absolute Gasteiger partial charge is 0.345 e. The number of para-hydroxylation sites is 1. The first-order valence-electron chi connectivity index (χ1n) is 7.27. The minimum atomic E-state index is 1.20. The van der Waals surface area contributed by atoms with Crippen LogP contribution >= 0.6 is 0 Å². The summed E-state index contributed by atoms with van der Waals surface area (Å²) in [6.45, 7) is 6.72. The molecule has 0 aliphatic rings. The maximum Gasteiger partial charge on any atom is 0.0414 e. The molecular weight excluding hydrogens is 266 g/mol. The van der Waals surface area contributed by atoms with Gasteiger partial charge in [-0.1, -0.05) is 73.8 Å². The Balaban J connectivity index is 0.000000396. The van der Waals surface area contributed by atoms with Crippen LogP contribution in [0.4, 0.5) is 11.4 Å². The first-order valence-corrected chi connectivity index (χ1v) is 7.27. The van der Waals surface area contributed by atoms with Crippen molar-refractivity contribution in [1.82, 2.24) is 0 Å². The number of hydrogen-bond acceptors (Lipinski definition) is 1. The van der Waals surface area contributed by atoms with E-state index in [1.54, 1.807) is 12.2 Å². The van der Waals surface area contributed by atoms with Crippen LogP contribution in [0, 0.1) is 0 Å². The van der Waals surface area contributed by atoms with Gasteiger partial charge in [-0.25, -0.2) is 0 Å². The van der Waals surface area contributed by atoms with Crippen molar-refractivity contribution in [3.63, 3.8) is 0 Å². The van der Waals surface area contributed by atoms with Crippen LogP contribution in [0.5, 0.6) is 0 Å². The van der Waals surface area contributed by atoms with Crippen LogP contribution in [-0.4, -0.2) is 7.05 Å². The number of benzene rings is 3. The first kappa shape index (κ1) is 15.6. The van der Waals surface area contributed by atoms with E-state index >= 15 is 0 Å². The fraction of sp³-hybridized carbons (Fsp3) is 0.0476. The molecule has 110 valence electrons. The highest BCUT2D eigenvalue weighted by molar-refractivity contribution is 5.86. The fourth-order valence-corrected chi connectivity index (χ4v) is 2.19. The van der Waals surface area contributed by atoms with Crippen molar-refractivity contribution in [3.05, 3.63) is 98.1 Å². The molecule has 0 aromatic heterocycles. The van der Waals surface area contributed by atoms with E-state index in [0.29, 0.717) is 0 Å². The molecule has 22 heavy (non-hydrogen) atoms. The molecule has 0 amide bonds. The average molecular weight is 287 g/mol. The molecule has 0 saturated carbocycles. The van der Waals surface area contributed by atoms with E-state index in [-0.39, 0.29) is 0 Å². The van der Waals surface area contributed by atoms with Gasteiger partial charge in [-0.2, -0.15) is 0 Å². The lowest BCUT2D eigenvalue weighted by Gasteiger charge is -2.19. The Kier molecular flexibility index (Phi) is 5.56. The average Bonchev–Trinajstić information content (AvgIpc) is 2.61. The van der Waals surface area contributed by atoms with Crippen molar-refractivity contribution >= 4 is 22.1 Å². The Morgan fingerprint density at radius 1 is 0.682 bits per heavy atom. The molecular formula is C21H21N. The molecule has 0 aliphatic heterocycles. The second-order valence-electron chi connectivity index (χ2n) is 4.90. The second-order valence-corrected chi connectivity index (χ2v) is 4.90. The van der Waals surface area contributed by atoms with Crippen LogP contribution in [0.15, 0.2) is 98.1 Å². The van der Waals surface area contributed by atoms with Gasteiger partial charge < -0.3 is 4.90 Å². The summed E-state index contributed by atoms with van der Waals surface area (Å²) < 4.78 is 0. The van der Waals surface area contributed by atoms with Gasteiger partial charge in [-0.05, 0) is 35.0 Å². The van der Waals surface area contributed by atoms with Crippen LogP contribution < -0.4 is 4.90 Å². The standard InChI is InChI=1S/C17H15N.C4H6/c1-18(16-9-3-2-4-10-16)17-12-11-14-7-5-6-8-15(14)13-17;1-3-4-2/h2-13H,1H3;3-4H,1-2H2. The van der Waals surface area contributed by atoms with E-state index in [2.05, 4.69) is 91.8 Å². The van der Waals surface area contributed by atoms with E-state index in [4.69, 9.17) is 0 Å². The minimum absolute atomic E-state index is 1.20. The Bertz CT molecular complexity index is 738. The monoisotopic (exact) mass is 287 g/mol. The van der Waals surface area contributed by atoms with E-state index in [1.807, 2.05) is 6.07 Å². The van der Waals surface area contributed by atoms with Crippen LogP contribution in [-0.2, 0) is 0 Å². The Labute approximate surface area is 132 Å². The van der Waals surface area contributed by atoms with Gasteiger partial charge in [0.25, 0.3) is 0 Å². The normalized spacial score (nSPS) is 9.50. The number of anilines is 2. The molecule has 3 aromatic rings. The number of hydrogen-bond donors (Lipinski definition) is 0. The molecule has 0 saturated heterocycles. The van der Waals surface area contributed by atoms with E-state index in [1.165, 1.54) is 22.1 Å². The van der Waals surface area contributed by atoms with E-state index in [9.17, 15) is 0 Å². The van der Waals surface area contributed by atoms with Crippen molar-refractivity contribution in [3.8, 4) is 0 Å². The molecule has 0 radical (unpaired) electrons. The lowest BCUT2D eigenvalue weighted by molar-refractivity contribution is 1.21. The molecule has 0 N–H and O–H groups in total. The predicted octanol–water partition coefficient (Wildman–Crippen LogP) is 5.97. The number of allylic oxidation sites excluding steroid dienone is 2. The zero-order valence-corrected chi connectivity index (χ0v) is 12.9. The highest BCUT2D eigenvalue weighted by Crippen LogP contribution is 2.26. The Morgan fingerprint density at radius 2 is 1.27 bits per heavy atom. The lowest BCUT2D eigenvalue weighted by Crippen LogP contribution is -2.08. The molecule has 3 aromatic carbocycles. The van der Waals surface area contributed by atoms with Gasteiger partial charge in [0.2, 0.25) is 0 Å². The molecule has 0 fully saturated rings. The molecule has 1 heteroatoms. The van der Waals surface area contributed by atoms with E-state index in [0.717, 1.165) is 0 Å². The third-order valence-electron chi connectivity index (χ3n) is 3.43. The minimum Gasteiger partial charge on any atom is -0.345 e. The molecule has 3 rings (SSSR count). The van der Waals surface area contributed by atoms with Gasteiger partial charge in [0.15, 0.2) is 0 Å². The zero-order valence-electron chi connectivity index (χ0n) is 12.9. The second kappa shape index (κ2) is 7.84. The summed E-state index contributed by atoms with van der Waals surface area (Å²) in [6, 6.07) is 25.4. The predicted molar refractivity (Wildman–Crippen MR) is 98.8 cm³/mol. The maximum atomic E-state index is 3.36. The molecule has 0 unspecified atom stereocenters. The van der Waals surface area contributed by atoms with Gasteiger partial charge >= 0.3 is 0 Å². The summed E-state index contributed by atoms with van der Waals surface area (Å²) in [5, 5.41) is 2.56. The van der Waals surface area contributed by atoms with Crippen molar-refractivity contribution in [1.29, 1.82) is 0 Å². The molecule has 0 heterocycles. The van der Waals surface area contributed by atoms with E-state index < -0.39 is 0 Å². The van der Waals surface area contributed by atoms with Gasteiger partial charge in [0, 0.05) is 18.4 Å². The topological polar surface area (TPSA) is 3.24 Å². The quantitative estimate of drug-likeness (QED) is 0.537. The summed E-state index contributed by atoms with van der Waals surface area (Å²) in [7, 11) is 2.10. The molecule has 0 spiro atoms. The number of rotatable bonds is 3. The van der Waals surface area contributed by atoms with Crippen molar-refractivity contribution in [2.75, 3.05) is 11.9 Å². The van der Waals surface area contributed by atoms with Crippen molar-refractivity contribution in [2.24, 2.45) is 0 Å². The highest BCUT2D eigenvalue weighted by Gasteiger charge is 2.03. The molecule has 0 atom stereocenters. The number of fused-ring (bicyclic) bond motifs is 1. The summed E-state index contributed by atoms with van der Waals surface area (Å²) in [5.74, 6) is 0. The maximum absolute atomic E-state index is 3.36. The van der Waals surface area contributed by atoms with Crippen LogP contribution in [0.25, 0.3) is 10.8 Å². The fourth-order valence-electron chi connectivity index (χ4n) is 2.19. The van der Waals surface area contributed by atoms with Crippen LogP contribution in [0.3, 0.4) is 0 Å². The summed E-state index contributed by atoms with van der Waals surface area (Å²) in [4.78, 5) is 2.20. The lowest BCUT2D eigenvalue weighted by atomic mass is 10.1. The molecule has 0 aliphatic carbocycles. The van der Waals surface area contributed by atoms with Crippen LogP contribution in [0.2, 0.25) is 0 Å². The molecule has 0 bridgehead atoms. The van der Waals surface area contributed by atoms with Gasteiger partial charge in [-0.15, -0.1) is 0 Å². The third kappa shape index (κ3) is 3.86. The smallest absolute Gasteiger partial charge is 0.0414 e. The summed E-state index contributed by atoms with van der Waals surface area (Å²) in [5.41, 5.74) is 2.41. The Hall–Kier alpha value is -2.80. The van der Waals surface area contributed by atoms with Gasteiger partial charge in [0.05, 0.1) is 0 Å². The van der Waals surface area contributed by atoms with Crippen LogP contribution in [0.1, 0.15) is 0 Å². The highest BCUT2D eigenvalue weighted by atomic mass is 15.1. The first-order chi connectivity index (χ1) is 10.8. The SMILES string of the molecule is C=CC=C.CN(c1ccccc1)c1ccc2ccccc2c1. The van der Waals surface area contributed by atoms with Gasteiger partial charge in [-0.3, -0.25) is 0 Å². The van der Waals surface area contributed by atoms with Gasteiger partial charge in [0.1, 0.15) is 0 Å². The zero-order chi connectivity index (χ0) is 15.8. The number of nitrogens with zero attached hydrogens (tertiary/aromatic N) is 1. The van der Waals surface area contributed by atoms with Crippen molar-refractivity contribution in [2.45, 2.75) is 0 Å². The Morgan fingerprint density at radius 3 is 1.91 bits per heavy atom.